The summed E-state index contributed by atoms with van der Waals surface area (Å²) in [6, 6.07) is 2.65. The Morgan fingerprint density at radius 1 is 1.29 bits per heavy atom. The number of ketones is 1. The van der Waals surface area contributed by atoms with Gasteiger partial charge in [-0.3, -0.25) is 4.79 Å². The summed E-state index contributed by atoms with van der Waals surface area (Å²) < 4.78 is 0. The topological polar surface area (TPSA) is 80.4 Å². The Kier molecular flexibility index (Phi) is 4.78. The molecule has 0 radical (unpaired) electrons. The molecule has 0 saturated carbocycles. The van der Waals surface area contributed by atoms with E-state index in [1.54, 1.807) is 0 Å². The van der Waals surface area contributed by atoms with Gasteiger partial charge in [0.15, 0.2) is 5.78 Å². The zero-order chi connectivity index (χ0) is 13.0. The number of hydrogen-bond acceptors (Lipinski definition) is 3. The Bertz CT molecular complexity index is 460. The molecule has 0 fully saturated rings. The summed E-state index contributed by atoms with van der Waals surface area (Å²) in [7, 11) is 0. The average Bonchev–Trinajstić information content (AvgIpc) is 2.29. The maximum Gasteiger partial charge on any atom is 0.337 e. The lowest BCUT2D eigenvalue weighted by Crippen LogP contribution is -2.08. The lowest BCUT2D eigenvalue weighted by Gasteiger charge is -2.08. The molecule has 0 aromatic heterocycles. The molecule has 0 spiro atoms. The van der Waals surface area contributed by atoms with Crippen LogP contribution in [0.4, 0.5) is 5.69 Å². The molecule has 0 heterocycles. The maximum absolute atomic E-state index is 11.7. The molecule has 17 heavy (non-hydrogen) atoms. The number of Topliss-reactive ketones (excluding diaryl/α,β-unsaturated/α-hetero) is 1. The Balaban J connectivity index is 3.08. The van der Waals surface area contributed by atoms with Crippen LogP contribution in [0.25, 0.3) is 0 Å². The zero-order valence-corrected chi connectivity index (χ0v) is 10.4. The Labute approximate surface area is 108 Å². The summed E-state index contributed by atoms with van der Waals surface area (Å²) >= 11 is 11.3. The number of alkyl halides is 1. The van der Waals surface area contributed by atoms with Crippen molar-refractivity contribution in [2.45, 2.75) is 12.8 Å². The van der Waals surface area contributed by atoms with Gasteiger partial charge in [0.2, 0.25) is 0 Å². The summed E-state index contributed by atoms with van der Waals surface area (Å²) in [6.07, 6.45) is 0.800. The summed E-state index contributed by atoms with van der Waals surface area (Å²) in [4.78, 5) is 22.5. The molecule has 0 aliphatic heterocycles. The van der Waals surface area contributed by atoms with Crippen molar-refractivity contribution in [2.75, 3.05) is 11.6 Å². The minimum absolute atomic E-state index is 0.00568. The van der Waals surface area contributed by atoms with Gasteiger partial charge >= 0.3 is 5.97 Å². The summed E-state index contributed by atoms with van der Waals surface area (Å²) in [5.41, 5.74) is 5.78. The minimum atomic E-state index is -1.18. The van der Waals surface area contributed by atoms with Gasteiger partial charge in [-0.2, -0.15) is 0 Å². The van der Waals surface area contributed by atoms with Crippen LogP contribution in [0.15, 0.2) is 12.1 Å². The summed E-state index contributed by atoms with van der Waals surface area (Å²) in [6.45, 7) is 0. The monoisotopic (exact) mass is 275 g/mol. The molecule has 0 unspecified atom stereocenters. The molecule has 92 valence electrons. The number of rotatable bonds is 5. The van der Waals surface area contributed by atoms with Crippen molar-refractivity contribution in [3.8, 4) is 0 Å². The molecule has 1 aromatic carbocycles. The van der Waals surface area contributed by atoms with Gasteiger partial charge in [0.25, 0.3) is 0 Å². The molecule has 0 atom stereocenters. The fraction of sp³-hybridized carbons (Fsp3) is 0.273. The number of halogens is 2. The largest absolute Gasteiger partial charge is 0.478 e. The van der Waals surface area contributed by atoms with Crippen molar-refractivity contribution < 1.29 is 14.7 Å². The van der Waals surface area contributed by atoms with Crippen LogP contribution < -0.4 is 5.73 Å². The lowest BCUT2D eigenvalue weighted by molar-refractivity contribution is 0.0696. The maximum atomic E-state index is 11.7. The number of anilines is 1. The first-order valence-electron chi connectivity index (χ1n) is 4.89. The molecule has 0 amide bonds. The molecular formula is C11H11Cl2NO3. The number of nitrogens with two attached hydrogens (primary N) is 1. The summed E-state index contributed by atoms with van der Waals surface area (Å²) in [5.74, 6) is -0.990. The van der Waals surface area contributed by atoms with E-state index in [-0.39, 0.29) is 34.0 Å². The van der Waals surface area contributed by atoms with E-state index in [2.05, 4.69) is 0 Å². The molecular weight excluding hydrogens is 265 g/mol. The molecule has 6 heteroatoms. The number of carboxylic acids is 1. The second-order valence-electron chi connectivity index (χ2n) is 3.41. The zero-order valence-electron chi connectivity index (χ0n) is 8.87. The number of carboxylic acid groups (broad SMARTS) is 1. The van der Waals surface area contributed by atoms with Gasteiger partial charge in [-0.25, -0.2) is 4.79 Å². The van der Waals surface area contributed by atoms with Gasteiger partial charge in [0.1, 0.15) is 0 Å². The van der Waals surface area contributed by atoms with Crippen LogP contribution in [0, 0.1) is 0 Å². The first kappa shape index (κ1) is 13.8. The minimum Gasteiger partial charge on any atom is -0.478 e. The van der Waals surface area contributed by atoms with E-state index in [0.29, 0.717) is 12.3 Å². The van der Waals surface area contributed by atoms with Crippen LogP contribution in [-0.4, -0.2) is 22.7 Å². The van der Waals surface area contributed by atoms with Gasteiger partial charge in [-0.1, -0.05) is 11.6 Å². The standard InChI is InChI=1S/C11H11Cl2NO3/c12-5-1-2-8(15)6-3-4-7(11(16)17)9(13)10(6)14/h3-4H,1-2,5,14H2,(H,16,17). The summed E-state index contributed by atoms with van der Waals surface area (Å²) in [5, 5.41) is 8.72. The van der Waals surface area contributed by atoms with Gasteiger partial charge < -0.3 is 10.8 Å². The number of hydrogen-bond donors (Lipinski definition) is 2. The third-order valence-electron chi connectivity index (χ3n) is 2.25. The van der Waals surface area contributed by atoms with Crippen molar-refractivity contribution in [3.63, 3.8) is 0 Å². The number of carbonyl (C=O) groups excluding carboxylic acids is 1. The molecule has 0 bridgehead atoms. The highest BCUT2D eigenvalue weighted by atomic mass is 35.5. The van der Waals surface area contributed by atoms with Gasteiger partial charge in [-0.15, -0.1) is 11.6 Å². The van der Waals surface area contributed by atoms with Crippen molar-refractivity contribution in [1.82, 2.24) is 0 Å². The molecule has 3 N–H and O–H groups in total. The first-order chi connectivity index (χ1) is 7.99. The van der Waals surface area contributed by atoms with E-state index in [1.807, 2.05) is 0 Å². The molecule has 1 rings (SSSR count). The van der Waals surface area contributed by atoms with E-state index in [0.717, 1.165) is 0 Å². The second-order valence-corrected chi connectivity index (χ2v) is 4.17. The molecule has 4 nitrogen and oxygen atoms in total. The third-order valence-corrected chi connectivity index (χ3v) is 2.92. The average molecular weight is 276 g/mol. The van der Waals surface area contributed by atoms with Crippen LogP contribution in [0.2, 0.25) is 5.02 Å². The SMILES string of the molecule is Nc1c(C(=O)CCCCl)ccc(C(=O)O)c1Cl. The van der Waals surface area contributed by atoms with E-state index in [1.165, 1.54) is 12.1 Å². The molecule has 0 aliphatic rings. The predicted octanol–water partition coefficient (Wildman–Crippen LogP) is 2.82. The highest BCUT2D eigenvalue weighted by Crippen LogP contribution is 2.28. The van der Waals surface area contributed by atoms with Crippen molar-refractivity contribution in [1.29, 1.82) is 0 Å². The highest BCUT2D eigenvalue weighted by Gasteiger charge is 2.17. The van der Waals surface area contributed by atoms with E-state index >= 15 is 0 Å². The normalized spacial score (nSPS) is 10.2. The van der Waals surface area contributed by atoms with Crippen LogP contribution in [-0.2, 0) is 0 Å². The molecule has 0 saturated heterocycles. The van der Waals surface area contributed by atoms with Gasteiger partial charge in [0.05, 0.1) is 16.3 Å². The highest BCUT2D eigenvalue weighted by molar-refractivity contribution is 6.36. The van der Waals surface area contributed by atoms with E-state index in [4.69, 9.17) is 34.0 Å². The Hall–Kier alpha value is -1.26. The number of benzene rings is 1. The van der Waals surface area contributed by atoms with Crippen LogP contribution in [0.1, 0.15) is 33.6 Å². The molecule has 0 aliphatic carbocycles. The lowest BCUT2D eigenvalue weighted by atomic mass is 10.0. The predicted molar refractivity (Wildman–Crippen MR) is 67.1 cm³/mol. The second kappa shape index (κ2) is 5.89. The number of nitrogen functional groups attached to an aromatic ring is 1. The Morgan fingerprint density at radius 2 is 1.88 bits per heavy atom. The van der Waals surface area contributed by atoms with Crippen LogP contribution in [0.5, 0.6) is 0 Å². The first-order valence-corrected chi connectivity index (χ1v) is 5.80. The van der Waals surface area contributed by atoms with E-state index < -0.39 is 5.97 Å². The number of carbonyl (C=O) groups is 2. The fourth-order valence-corrected chi connectivity index (χ4v) is 1.74. The van der Waals surface area contributed by atoms with Crippen LogP contribution >= 0.6 is 23.2 Å². The van der Waals surface area contributed by atoms with E-state index in [9.17, 15) is 9.59 Å². The van der Waals surface area contributed by atoms with Crippen molar-refractivity contribution in [3.05, 3.63) is 28.3 Å². The van der Waals surface area contributed by atoms with Gasteiger partial charge in [-0.05, 0) is 18.6 Å². The van der Waals surface area contributed by atoms with Crippen molar-refractivity contribution >= 4 is 40.6 Å². The molecule has 1 aromatic rings. The third kappa shape index (κ3) is 3.11. The fourth-order valence-electron chi connectivity index (χ4n) is 1.36. The van der Waals surface area contributed by atoms with Crippen molar-refractivity contribution in [2.24, 2.45) is 0 Å². The quantitative estimate of drug-likeness (QED) is 0.492. The number of aromatic carboxylic acids is 1. The van der Waals surface area contributed by atoms with Crippen LogP contribution in [0.3, 0.4) is 0 Å². The van der Waals surface area contributed by atoms with Gasteiger partial charge in [0, 0.05) is 17.9 Å². The Morgan fingerprint density at radius 3 is 2.41 bits per heavy atom. The smallest absolute Gasteiger partial charge is 0.337 e.